The van der Waals surface area contributed by atoms with Gasteiger partial charge in [0.05, 0.1) is 12.0 Å². The third-order valence-electron chi connectivity index (χ3n) is 5.60. The maximum absolute atomic E-state index is 12.7. The van der Waals surface area contributed by atoms with Crippen LogP contribution in [0.1, 0.15) is 57.9 Å². The number of nitrogens with one attached hydrogen (secondary N) is 1. The largest absolute Gasteiger partial charge is 0.487 e. The van der Waals surface area contributed by atoms with Crippen LogP contribution < -0.4 is 15.8 Å². The van der Waals surface area contributed by atoms with E-state index in [0.717, 1.165) is 31.4 Å². The van der Waals surface area contributed by atoms with Gasteiger partial charge in [-0.15, -0.1) is 12.4 Å². The molecule has 1 aromatic rings. The van der Waals surface area contributed by atoms with Crippen molar-refractivity contribution in [2.45, 2.75) is 70.1 Å². The molecule has 1 saturated carbocycles. The van der Waals surface area contributed by atoms with Gasteiger partial charge in [0.2, 0.25) is 5.91 Å². The molecular weight excluding hydrogens is 324 g/mol. The van der Waals surface area contributed by atoms with Gasteiger partial charge in [-0.25, -0.2) is 0 Å². The molecule has 5 heteroatoms. The molecule has 0 radical (unpaired) electrons. The van der Waals surface area contributed by atoms with Crippen molar-refractivity contribution in [2.75, 3.05) is 0 Å². The van der Waals surface area contributed by atoms with Gasteiger partial charge in [0.15, 0.2) is 0 Å². The molecule has 5 atom stereocenters. The lowest BCUT2D eigenvalue weighted by Gasteiger charge is -2.38. The summed E-state index contributed by atoms with van der Waals surface area (Å²) in [6.45, 7) is 6.19. The summed E-state index contributed by atoms with van der Waals surface area (Å²) in [4.78, 5) is 12.7. The molecule has 1 aromatic carbocycles. The van der Waals surface area contributed by atoms with E-state index in [4.69, 9.17) is 10.5 Å². The fraction of sp³-hybridized carbons (Fsp3) is 0.632. The predicted molar refractivity (Wildman–Crippen MR) is 98.7 cm³/mol. The molecule has 1 amide bonds. The fourth-order valence-corrected chi connectivity index (χ4v) is 4.12. The van der Waals surface area contributed by atoms with Gasteiger partial charge in [0, 0.05) is 17.0 Å². The van der Waals surface area contributed by atoms with Crippen LogP contribution in [0.15, 0.2) is 24.3 Å². The van der Waals surface area contributed by atoms with Crippen LogP contribution >= 0.6 is 12.4 Å². The number of ether oxygens (including phenoxy) is 1. The molecule has 134 valence electrons. The smallest absolute Gasteiger partial charge is 0.225 e. The van der Waals surface area contributed by atoms with Crippen LogP contribution in [-0.4, -0.2) is 23.6 Å². The number of para-hydroxylation sites is 1. The molecule has 24 heavy (non-hydrogen) atoms. The quantitative estimate of drug-likeness (QED) is 0.876. The van der Waals surface area contributed by atoms with Crippen LogP contribution in [0.25, 0.3) is 0 Å². The van der Waals surface area contributed by atoms with Crippen LogP contribution in [-0.2, 0) is 4.79 Å². The molecular formula is C19H29ClN2O2. The van der Waals surface area contributed by atoms with Crippen molar-refractivity contribution in [1.82, 2.24) is 5.32 Å². The van der Waals surface area contributed by atoms with E-state index in [9.17, 15) is 4.79 Å². The summed E-state index contributed by atoms with van der Waals surface area (Å²) < 4.78 is 6.08. The number of benzene rings is 1. The Hall–Kier alpha value is -1.26. The van der Waals surface area contributed by atoms with E-state index in [1.54, 1.807) is 0 Å². The molecule has 5 unspecified atom stereocenters. The standard InChI is InChI=1S/C19H28N2O2.ClH/c1-12-14-8-4-5-10-16(14)23-17(12)13(2)21-18(22)15-9-6-7-11-19(15,3)20;/h4-5,8,10,12-13,15,17H,6-7,9,11,20H2,1-3H3,(H,21,22);1H. The number of hydrogen-bond acceptors (Lipinski definition) is 3. The van der Waals surface area contributed by atoms with Crippen molar-refractivity contribution in [3.05, 3.63) is 29.8 Å². The van der Waals surface area contributed by atoms with Crippen molar-refractivity contribution >= 4 is 18.3 Å². The zero-order chi connectivity index (χ0) is 16.6. The lowest BCUT2D eigenvalue weighted by molar-refractivity contribution is -0.129. The van der Waals surface area contributed by atoms with Gasteiger partial charge in [0.1, 0.15) is 11.9 Å². The minimum Gasteiger partial charge on any atom is -0.487 e. The third-order valence-corrected chi connectivity index (χ3v) is 5.60. The van der Waals surface area contributed by atoms with Crippen LogP contribution in [0.5, 0.6) is 5.75 Å². The average molecular weight is 353 g/mol. The van der Waals surface area contributed by atoms with Crippen molar-refractivity contribution < 1.29 is 9.53 Å². The third kappa shape index (κ3) is 3.55. The van der Waals surface area contributed by atoms with Gasteiger partial charge in [-0.2, -0.15) is 0 Å². The van der Waals surface area contributed by atoms with Gasteiger partial charge in [-0.1, -0.05) is 38.0 Å². The van der Waals surface area contributed by atoms with Gasteiger partial charge >= 0.3 is 0 Å². The number of halogens is 1. The molecule has 0 saturated heterocycles. The molecule has 4 nitrogen and oxygen atoms in total. The summed E-state index contributed by atoms with van der Waals surface area (Å²) in [5, 5.41) is 3.17. The molecule has 0 aromatic heterocycles. The Morgan fingerprint density at radius 2 is 2.08 bits per heavy atom. The van der Waals surface area contributed by atoms with Gasteiger partial charge in [0.25, 0.3) is 0 Å². The summed E-state index contributed by atoms with van der Waals surface area (Å²) in [6, 6.07) is 8.08. The number of fused-ring (bicyclic) bond motifs is 1. The van der Waals surface area contributed by atoms with Crippen molar-refractivity contribution in [1.29, 1.82) is 0 Å². The van der Waals surface area contributed by atoms with Crippen LogP contribution in [0, 0.1) is 5.92 Å². The monoisotopic (exact) mass is 352 g/mol. The Labute approximate surface area is 150 Å². The Kier molecular flexibility index (Phi) is 5.82. The summed E-state index contributed by atoms with van der Waals surface area (Å²) in [6.07, 6.45) is 3.98. The maximum Gasteiger partial charge on any atom is 0.225 e. The highest BCUT2D eigenvalue weighted by atomic mass is 35.5. The predicted octanol–water partition coefficient (Wildman–Crippen LogP) is 3.39. The molecule has 3 rings (SSSR count). The molecule has 1 aliphatic heterocycles. The molecule has 0 spiro atoms. The van der Waals surface area contributed by atoms with Crippen molar-refractivity contribution in [3.8, 4) is 5.75 Å². The number of carbonyl (C=O) groups excluding carboxylic acids is 1. The van der Waals surface area contributed by atoms with E-state index in [-0.39, 0.29) is 42.3 Å². The molecule has 1 fully saturated rings. The van der Waals surface area contributed by atoms with E-state index in [2.05, 4.69) is 18.3 Å². The van der Waals surface area contributed by atoms with E-state index in [0.29, 0.717) is 0 Å². The van der Waals surface area contributed by atoms with E-state index in [1.165, 1.54) is 5.56 Å². The van der Waals surface area contributed by atoms with Crippen molar-refractivity contribution in [2.24, 2.45) is 11.7 Å². The second-order valence-electron chi connectivity index (χ2n) is 7.51. The summed E-state index contributed by atoms with van der Waals surface area (Å²) in [5.41, 5.74) is 7.18. The lowest BCUT2D eigenvalue weighted by Crippen LogP contribution is -2.55. The Bertz CT molecular complexity index is 590. The lowest BCUT2D eigenvalue weighted by atomic mass is 9.74. The molecule has 2 aliphatic rings. The summed E-state index contributed by atoms with van der Waals surface area (Å²) in [7, 11) is 0. The summed E-state index contributed by atoms with van der Waals surface area (Å²) >= 11 is 0. The number of rotatable bonds is 3. The SMILES string of the molecule is CC(NC(=O)C1CCCCC1(C)N)C1Oc2ccccc2C1C.Cl. The van der Waals surface area contributed by atoms with Crippen LogP contribution in [0.4, 0.5) is 0 Å². The van der Waals surface area contributed by atoms with Crippen LogP contribution in [0.2, 0.25) is 0 Å². The minimum absolute atomic E-state index is 0. The molecule has 0 bridgehead atoms. The van der Waals surface area contributed by atoms with Crippen molar-refractivity contribution in [3.63, 3.8) is 0 Å². The Balaban J connectivity index is 0.00000208. The first-order valence-electron chi connectivity index (χ1n) is 8.75. The normalized spacial score (nSPS) is 32.9. The van der Waals surface area contributed by atoms with Crippen LogP contribution in [0.3, 0.4) is 0 Å². The topological polar surface area (TPSA) is 64.4 Å². The Morgan fingerprint density at radius 3 is 2.75 bits per heavy atom. The van der Waals surface area contributed by atoms with E-state index < -0.39 is 5.54 Å². The summed E-state index contributed by atoms with van der Waals surface area (Å²) in [5.74, 6) is 1.19. The highest BCUT2D eigenvalue weighted by Gasteiger charge is 2.40. The Morgan fingerprint density at radius 1 is 1.38 bits per heavy atom. The van der Waals surface area contributed by atoms with Gasteiger partial charge < -0.3 is 15.8 Å². The molecule has 1 aliphatic carbocycles. The highest BCUT2D eigenvalue weighted by Crippen LogP contribution is 2.39. The maximum atomic E-state index is 12.7. The molecule has 1 heterocycles. The average Bonchev–Trinajstić information content (AvgIpc) is 2.84. The first-order chi connectivity index (χ1) is 10.9. The minimum atomic E-state index is -0.396. The number of carbonyl (C=O) groups is 1. The first kappa shape index (κ1) is 19.1. The second kappa shape index (κ2) is 7.32. The molecule has 3 N–H and O–H groups in total. The number of hydrogen-bond donors (Lipinski definition) is 2. The highest BCUT2D eigenvalue weighted by molar-refractivity contribution is 5.85. The zero-order valence-corrected chi connectivity index (χ0v) is 15.6. The van der Waals surface area contributed by atoms with E-state index in [1.807, 2.05) is 32.0 Å². The fourth-order valence-electron chi connectivity index (χ4n) is 4.12. The van der Waals surface area contributed by atoms with Gasteiger partial charge in [-0.3, -0.25) is 4.79 Å². The second-order valence-corrected chi connectivity index (χ2v) is 7.51. The first-order valence-corrected chi connectivity index (χ1v) is 8.75. The zero-order valence-electron chi connectivity index (χ0n) is 14.7. The van der Waals surface area contributed by atoms with E-state index >= 15 is 0 Å². The number of nitrogens with two attached hydrogens (primary N) is 1. The number of amides is 1. The van der Waals surface area contributed by atoms with Gasteiger partial charge in [-0.05, 0) is 32.8 Å².